The highest BCUT2D eigenvalue weighted by atomic mass is 16.3. The third kappa shape index (κ3) is 9.21. The zero-order valence-electron chi connectivity index (χ0n) is 11.8. The standard InChI is InChI=1S/C15H32O/c1-5-6-7-8-10-13(2)11-9-12-14(3)15(4)16/h13-16H,5-12H2,1-4H3/t13-,14-,15+/m0/s1. The maximum Gasteiger partial charge on any atom is 0.0537 e. The Hall–Kier alpha value is -0.0400. The van der Waals surface area contributed by atoms with Crippen molar-refractivity contribution >= 4 is 0 Å². The van der Waals surface area contributed by atoms with Gasteiger partial charge in [-0.25, -0.2) is 0 Å². The van der Waals surface area contributed by atoms with Gasteiger partial charge in [0.15, 0.2) is 0 Å². The van der Waals surface area contributed by atoms with E-state index in [-0.39, 0.29) is 6.10 Å². The van der Waals surface area contributed by atoms with Crippen LogP contribution in [0.15, 0.2) is 0 Å². The van der Waals surface area contributed by atoms with Gasteiger partial charge in [-0.15, -0.1) is 0 Å². The average molecular weight is 228 g/mol. The number of hydrogen-bond donors (Lipinski definition) is 1. The van der Waals surface area contributed by atoms with Crippen LogP contribution in [-0.2, 0) is 0 Å². The van der Waals surface area contributed by atoms with Gasteiger partial charge in [0, 0.05) is 0 Å². The molecule has 0 amide bonds. The van der Waals surface area contributed by atoms with Gasteiger partial charge in [0.05, 0.1) is 6.10 Å². The lowest BCUT2D eigenvalue weighted by Gasteiger charge is -2.16. The Kier molecular flexibility index (Phi) is 10.1. The third-order valence-corrected chi connectivity index (χ3v) is 3.73. The van der Waals surface area contributed by atoms with Gasteiger partial charge in [0.25, 0.3) is 0 Å². The van der Waals surface area contributed by atoms with Crippen LogP contribution < -0.4 is 0 Å². The minimum absolute atomic E-state index is 0.139. The highest BCUT2D eigenvalue weighted by Gasteiger charge is 2.09. The number of aliphatic hydroxyl groups excluding tert-OH is 1. The second-order valence-electron chi connectivity index (χ2n) is 5.60. The zero-order chi connectivity index (χ0) is 12.4. The van der Waals surface area contributed by atoms with E-state index in [0.29, 0.717) is 5.92 Å². The summed E-state index contributed by atoms with van der Waals surface area (Å²) < 4.78 is 0. The molecule has 98 valence electrons. The van der Waals surface area contributed by atoms with Crippen LogP contribution in [0.1, 0.15) is 79.1 Å². The molecule has 0 unspecified atom stereocenters. The Bertz CT molecular complexity index is 142. The van der Waals surface area contributed by atoms with Crippen molar-refractivity contribution in [2.75, 3.05) is 0 Å². The number of hydrogen-bond acceptors (Lipinski definition) is 1. The van der Waals surface area contributed by atoms with Gasteiger partial charge >= 0.3 is 0 Å². The summed E-state index contributed by atoms with van der Waals surface area (Å²) in [4.78, 5) is 0. The maximum absolute atomic E-state index is 9.39. The average Bonchev–Trinajstić information content (AvgIpc) is 2.24. The Morgan fingerprint density at radius 2 is 1.44 bits per heavy atom. The molecular formula is C15H32O. The topological polar surface area (TPSA) is 20.2 Å². The van der Waals surface area contributed by atoms with Gasteiger partial charge < -0.3 is 5.11 Å². The summed E-state index contributed by atoms with van der Waals surface area (Å²) in [6.45, 7) is 8.69. The largest absolute Gasteiger partial charge is 0.393 e. The Labute approximate surface area is 103 Å². The Morgan fingerprint density at radius 3 is 2.00 bits per heavy atom. The van der Waals surface area contributed by atoms with E-state index in [1.165, 1.54) is 51.4 Å². The molecule has 0 saturated carbocycles. The van der Waals surface area contributed by atoms with Gasteiger partial charge in [-0.1, -0.05) is 65.7 Å². The summed E-state index contributed by atoms with van der Waals surface area (Å²) in [6.07, 6.45) is 10.6. The first-order chi connectivity index (χ1) is 7.57. The molecule has 0 aliphatic heterocycles. The fraction of sp³-hybridized carbons (Fsp3) is 1.00. The van der Waals surface area contributed by atoms with Crippen molar-refractivity contribution in [2.24, 2.45) is 11.8 Å². The van der Waals surface area contributed by atoms with E-state index >= 15 is 0 Å². The van der Waals surface area contributed by atoms with Crippen molar-refractivity contribution in [3.63, 3.8) is 0 Å². The van der Waals surface area contributed by atoms with Gasteiger partial charge in [0.1, 0.15) is 0 Å². The lowest BCUT2D eigenvalue weighted by atomic mass is 9.93. The number of aliphatic hydroxyl groups is 1. The molecule has 16 heavy (non-hydrogen) atoms. The normalized spacial score (nSPS) is 17.1. The first-order valence-electron chi connectivity index (χ1n) is 7.26. The quantitative estimate of drug-likeness (QED) is 0.533. The van der Waals surface area contributed by atoms with Gasteiger partial charge in [-0.3, -0.25) is 0 Å². The van der Waals surface area contributed by atoms with Crippen molar-refractivity contribution in [1.29, 1.82) is 0 Å². The van der Waals surface area contributed by atoms with Crippen molar-refractivity contribution in [1.82, 2.24) is 0 Å². The fourth-order valence-electron chi connectivity index (χ4n) is 2.09. The lowest BCUT2D eigenvalue weighted by molar-refractivity contribution is 0.127. The van der Waals surface area contributed by atoms with Gasteiger partial charge in [-0.05, 0) is 25.2 Å². The fourth-order valence-corrected chi connectivity index (χ4v) is 2.09. The van der Waals surface area contributed by atoms with E-state index in [1.54, 1.807) is 0 Å². The molecule has 0 aliphatic rings. The van der Waals surface area contributed by atoms with E-state index in [1.807, 2.05) is 6.92 Å². The summed E-state index contributed by atoms with van der Waals surface area (Å²) in [7, 11) is 0. The molecule has 0 aromatic heterocycles. The van der Waals surface area contributed by atoms with E-state index < -0.39 is 0 Å². The van der Waals surface area contributed by atoms with Crippen LogP contribution in [0.5, 0.6) is 0 Å². The molecule has 1 nitrogen and oxygen atoms in total. The molecule has 0 bridgehead atoms. The van der Waals surface area contributed by atoms with Crippen LogP contribution >= 0.6 is 0 Å². The maximum atomic E-state index is 9.39. The highest BCUT2D eigenvalue weighted by Crippen LogP contribution is 2.19. The van der Waals surface area contributed by atoms with Gasteiger partial charge in [0.2, 0.25) is 0 Å². The van der Waals surface area contributed by atoms with E-state index in [4.69, 9.17) is 0 Å². The van der Waals surface area contributed by atoms with Crippen molar-refractivity contribution in [3.8, 4) is 0 Å². The monoisotopic (exact) mass is 228 g/mol. The summed E-state index contributed by atoms with van der Waals surface area (Å²) in [5.74, 6) is 1.34. The summed E-state index contributed by atoms with van der Waals surface area (Å²) in [5, 5.41) is 9.39. The van der Waals surface area contributed by atoms with E-state index in [9.17, 15) is 5.11 Å². The first-order valence-corrected chi connectivity index (χ1v) is 7.26. The molecule has 0 rings (SSSR count). The van der Waals surface area contributed by atoms with Gasteiger partial charge in [-0.2, -0.15) is 0 Å². The van der Waals surface area contributed by atoms with E-state index in [2.05, 4.69) is 20.8 Å². The second-order valence-corrected chi connectivity index (χ2v) is 5.60. The molecule has 0 saturated heterocycles. The summed E-state index contributed by atoms with van der Waals surface area (Å²) >= 11 is 0. The molecule has 1 heteroatoms. The van der Waals surface area contributed by atoms with Crippen LogP contribution in [0.4, 0.5) is 0 Å². The summed E-state index contributed by atoms with van der Waals surface area (Å²) in [5.41, 5.74) is 0. The van der Waals surface area contributed by atoms with Crippen molar-refractivity contribution in [3.05, 3.63) is 0 Å². The van der Waals surface area contributed by atoms with Crippen molar-refractivity contribution < 1.29 is 5.11 Å². The van der Waals surface area contributed by atoms with Crippen LogP contribution in [0.2, 0.25) is 0 Å². The zero-order valence-corrected chi connectivity index (χ0v) is 11.8. The molecule has 0 fully saturated rings. The lowest BCUT2D eigenvalue weighted by Crippen LogP contribution is -2.13. The number of rotatable bonds is 10. The predicted octanol–water partition coefficient (Wildman–Crippen LogP) is 4.78. The van der Waals surface area contributed by atoms with Crippen LogP contribution in [0, 0.1) is 11.8 Å². The van der Waals surface area contributed by atoms with Crippen LogP contribution in [-0.4, -0.2) is 11.2 Å². The van der Waals surface area contributed by atoms with E-state index in [0.717, 1.165) is 5.92 Å². The minimum Gasteiger partial charge on any atom is -0.393 e. The predicted molar refractivity (Wildman–Crippen MR) is 72.6 cm³/mol. The molecule has 1 N–H and O–H groups in total. The Balaban J connectivity index is 3.33. The molecule has 0 radical (unpaired) electrons. The molecular weight excluding hydrogens is 196 g/mol. The molecule has 0 aromatic carbocycles. The molecule has 0 aliphatic carbocycles. The molecule has 0 aromatic rings. The Morgan fingerprint density at radius 1 is 0.812 bits per heavy atom. The first kappa shape index (κ1) is 16.0. The second kappa shape index (κ2) is 10.1. The number of unbranched alkanes of at least 4 members (excludes halogenated alkanes) is 3. The van der Waals surface area contributed by atoms with Crippen molar-refractivity contribution in [2.45, 2.75) is 85.2 Å². The summed E-state index contributed by atoms with van der Waals surface area (Å²) in [6, 6.07) is 0. The SMILES string of the molecule is CCCCCC[C@H](C)CCC[C@H](C)[C@@H](C)O. The third-order valence-electron chi connectivity index (χ3n) is 3.73. The highest BCUT2D eigenvalue weighted by molar-refractivity contribution is 4.61. The van der Waals surface area contributed by atoms with Crippen LogP contribution in [0.3, 0.4) is 0 Å². The smallest absolute Gasteiger partial charge is 0.0537 e. The molecule has 0 spiro atoms. The molecule has 3 atom stereocenters. The molecule has 0 heterocycles. The van der Waals surface area contributed by atoms with Crippen LogP contribution in [0.25, 0.3) is 0 Å². The minimum atomic E-state index is -0.139.